The molecular formula is C17H22N4O3S. The van der Waals surface area contributed by atoms with Crippen LogP contribution in [0.1, 0.15) is 37.7 Å². The van der Waals surface area contributed by atoms with Crippen LogP contribution in [0.4, 0.5) is 5.69 Å². The Hall–Kier alpha value is -2.32. The molecule has 0 fully saturated rings. The number of carbonyl (C=O) groups is 1. The van der Waals surface area contributed by atoms with Gasteiger partial charge in [0, 0.05) is 29.6 Å². The number of hydrogen-bond acceptors (Lipinski definition) is 6. The maximum atomic E-state index is 12.5. The van der Waals surface area contributed by atoms with E-state index in [9.17, 15) is 14.9 Å². The first-order chi connectivity index (χ1) is 11.7. The molecule has 1 aromatic carbocycles. The first-order valence-corrected chi connectivity index (χ1v) is 8.85. The van der Waals surface area contributed by atoms with Gasteiger partial charge >= 0.3 is 0 Å². The zero-order valence-electron chi connectivity index (χ0n) is 14.5. The van der Waals surface area contributed by atoms with Gasteiger partial charge < -0.3 is 11.1 Å². The molecule has 0 aliphatic carbocycles. The number of nitrogens with one attached hydrogen (secondary N) is 1. The Morgan fingerprint density at radius 2 is 2.20 bits per heavy atom. The molecule has 0 saturated heterocycles. The van der Waals surface area contributed by atoms with Crippen LogP contribution in [0, 0.1) is 16.0 Å². The molecule has 8 heteroatoms. The summed E-state index contributed by atoms with van der Waals surface area (Å²) in [5.41, 5.74) is 6.22. The summed E-state index contributed by atoms with van der Waals surface area (Å²) < 4.78 is 0. The first kappa shape index (κ1) is 19.0. The first-order valence-electron chi connectivity index (χ1n) is 7.97. The highest BCUT2D eigenvalue weighted by Gasteiger charge is 2.27. The number of rotatable bonds is 7. The number of carbonyl (C=O) groups excluding carboxylic acids is 1. The monoisotopic (exact) mass is 362 g/mol. The van der Waals surface area contributed by atoms with Crippen molar-refractivity contribution in [3.8, 4) is 10.6 Å². The Kier molecular flexibility index (Phi) is 5.86. The fourth-order valence-corrected chi connectivity index (χ4v) is 3.48. The van der Waals surface area contributed by atoms with Gasteiger partial charge in [0.1, 0.15) is 10.7 Å². The van der Waals surface area contributed by atoms with E-state index in [0.29, 0.717) is 23.0 Å². The Bertz CT molecular complexity index is 775. The Labute approximate surface area is 150 Å². The minimum absolute atomic E-state index is 0.00802. The smallest absolute Gasteiger partial charge is 0.271 e. The van der Waals surface area contributed by atoms with Crippen LogP contribution in [-0.2, 0) is 0 Å². The summed E-state index contributed by atoms with van der Waals surface area (Å²) in [5.74, 6) is 0.103. The Morgan fingerprint density at radius 3 is 2.80 bits per heavy atom. The number of amides is 1. The van der Waals surface area contributed by atoms with E-state index in [-0.39, 0.29) is 17.3 Å². The lowest BCUT2D eigenvalue weighted by Crippen LogP contribution is -2.52. The fourth-order valence-electron chi connectivity index (χ4n) is 2.69. The number of thiazole rings is 1. The number of benzene rings is 1. The molecule has 1 aromatic heterocycles. The zero-order chi connectivity index (χ0) is 18.6. The summed E-state index contributed by atoms with van der Waals surface area (Å²) >= 11 is 1.27. The average Bonchev–Trinajstić information content (AvgIpc) is 3.04. The van der Waals surface area contributed by atoms with Crippen molar-refractivity contribution in [2.75, 3.05) is 6.54 Å². The van der Waals surface area contributed by atoms with Gasteiger partial charge in [0.2, 0.25) is 0 Å². The topological polar surface area (TPSA) is 111 Å². The second-order valence-corrected chi connectivity index (χ2v) is 7.52. The molecule has 1 amide bonds. The van der Waals surface area contributed by atoms with Crippen molar-refractivity contribution in [3.05, 3.63) is 45.5 Å². The maximum absolute atomic E-state index is 12.5. The molecule has 0 radical (unpaired) electrons. The number of nitrogens with zero attached hydrogens (tertiary/aromatic N) is 2. The third-order valence-electron chi connectivity index (χ3n) is 3.77. The van der Waals surface area contributed by atoms with Crippen molar-refractivity contribution < 1.29 is 9.72 Å². The van der Waals surface area contributed by atoms with Gasteiger partial charge in [0.05, 0.1) is 10.5 Å². The minimum atomic E-state index is -0.499. The lowest BCUT2D eigenvalue weighted by Gasteiger charge is -2.30. The summed E-state index contributed by atoms with van der Waals surface area (Å²) in [6.45, 7) is 6.39. The summed E-state index contributed by atoms with van der Waals surface area (Å²) in [7, 11) is 0. The van der Waals surface area contributed by atoms with E-state index in [0.717, 1.165) is 6.42 Å². The van der Waals surface area contributed by atoms with Gasteiger partial charge in [-0.25, -0.2) is 4.98 Å². The van der Waals surface area contributed by atoms with Crippen molar-refractivity contribution in [1.82, 2.24) is 10.3 Å². The quantitative estimate of drug-likeness (QED) is 0.580. The molecule has 25 heavy (non-hydrogen) atoms. The van der Waals surface area contributed by atoms with Gasteiger partial charge in [0.15, 0.2) is 0 Å². The lowest BCUT2D eigenvalue weighted by molar-refractivity contribution is -0.384. The number of nitro groups is 1. The van der Waals surface area contributed by atoms with Crippen molar-refractivity contribution >= 4 is 22.9 Å². The standard InChI is InChI=1S/C17H22N4O3S/c1-11(2)8-17(3,10-18)20-15(22)14-9-25-16(19-14)12-5-4-6-13(7-12)21(23)24/h4-7,9,11H,8,10,18H2,1-3H3,(H,20,22). The van der Waals surface area contributed by atoms with Gasteiger partial charge in [-0.05, 0) is 19.3 Å². The van der Waals surface area contributed by atoms with Crippen molar-refractivity contribution in [3.63, 3.8) is 0 Å². The van der Waals surface area contributed by atoms with Crippen LogP contribution in [0.5, 0.6) is 0 Å². The van der Waals surface area contributed by atoms with Gasteiger partial charge in [-0.15, -0.1) is 11.3 Å². The number of nitrogens with two attached hydrogens (primary N) is 1. The van der Waals surface area contributed by atoms with Crippen LogP contribution in [0.15, 0.2) is 29.6 Å². The maximum Gasteiger partial charge on any atom is 0.271 e. The second kappa shape index (κ2) is 7.71. The lowest BCUT2D eigenvalue weighted by atomic mass is 9.90. The van der Waals surface area contributed by atoms with Crippen LogP contribution in [0.3, 0.4) is 0 Å². The minimum Gasteiger partial charge on any atom is -0.344 e. The summed E-state index contributed by atoms with van der Waals surface area (Å²) in [4.78, 5) is 27.2. The fraction of sp³-hybridized carbons (Fsp3) is 0.412. The van der Waals surface area contributed by atoms with Gasteiger partial charge in [-0.1, -0.05) is 26.0 Å². The largest absolute Gasteiger partial charge is 0.344 e. The Morgan fingerprint density at radius 1 is 1.48 bits per heavy atom. The molecule has 0 bridgehead atoms. The van der Waals surface area contributed by atoms with E-state index < -0.39 is 10.5 Å². The van der Waals surface area contributed by atoms with Crippen molar-refractivity contribution in [2.45, 2.75) is 32.7 Å². The van der Waals surface area contributed by atoms with E-state index >= 15 is 0 Å². The molecule has 1 unspecified atom stereocenters. The zero-order valence-corrected chi connectivity index (χ0v) is 15.3. The van der Waals surface area contributed by atoms with Gasteiger partial charge in [-0.2, -0.15) is 0 Å². The van der Waals surface area contributed by atoms with Gasteiger partial charge in [-0.3, -0.25) is 14.9 Å². The predicted octanol–water partition coefficient (Wildman–Crippen LogP) is 3.21. The molecule has 134 valence electrons. The van der Waals surface area contributed by atoms with Crippen molar-refractivity contribution in [2.24, 2.45) is 11.7 Å². The average molecular weight is 362 g/mol. The van der Waals surface area contributed by atoms with Crippen LogP contribution in [-0.4, -0.2) is 27.9 Å². The summed E-state index contributed by atoms with van der Waals surface area (Å²) in [5, 5.41) is 16.1. The van der Waals surface area contributed by atoms with E-state index in [1.807, 2.05) is 6.92 Å². The van der Waals surface area contributed by atoms with E-state index in [1.54, 1.807) is 17.5 Å². The van der Waals surface area contributed by atoms with E-state index in [4.69, 9.17) is 5.73 Å². The molecule has 2 aromatic rings. The second-order valence-electron chi connectivity index (χ2n) is 6.66. The highest BCUT2D eigenvalue weighted by molar-refractivity contribution is 7.13. The van der Waals surface area contributed by atoms with E-state index in [2.05, 4.69) is 24.1 Å². The molecule has 0 spiro atoms. The molecule has 0 aliphatic rings. The van der Waals surface area contributed by atoms with Crippen molar-refractivity contribution in [1.29, 1.82) is 0 Å². The third kappa shape index (κ3) is 4.83. The van der Waals surface area contributed by atoms with Gasteiger partial charge in [0.25, 0.3) is 11.6 Å². The van der Waals surface area contributed by atoms with Crippen LogP contribution < -0.4 is 11.1 Å². The predicted molar refractivity (Wildman–Crippen MR) is 98.6 cm³/mol. The normalized spacial score (nSPS) is 13.5. The molecule has 1 atom stereocenters. The molecule has 1 heterocycles. The number of aromatic nitrogens is 1. The molecule has 0 saturated carbocycles. The Balaban J connectivity index is 2.19. The van der Waals surface area contributed by atoms with Crippen LogP contribution >= 0.6 is 11.3 Å². The third-order valence-corrected chi connectivity index (χ3v) is 4.66. The van der Waals surface area contributed by atoms with E-state index in [1.165, 1.54) is 23.5 Å². The number of non-ortho nitro benzene ring substituents is 1. The summed E-state index contributed by atoms with van der Waals surface area (Å²) in [6.07, 6.45) is 0.761. The molecular weight excluding hydrogens is 340 g/mol. The molecule has 2 rings (SSSR count). The summed E-state index contributed by atoms with van der Waals surface area (Å²) in [6, 6.07) is 6.20. The number of nitro benzene ring substituents is 1. The SMILES string of the molecule is CC(C)CC(C)(CN)NC(=O)c1csc(-c2cccc([N+](=O)[O-])c2)n1. The highest BCUT2D eigenvalue weighted by atomic mass is 32.1. The molecule has 3 N–H and O–H groups in total. The van der Waals surface area contributed by atoms with Crippen LogP contribution in [0.25, 0.3) is 10.6 Å². The van der Waals surface area contributed by atoms with Crippen LogP contribution in [0.2, 0.25) is 0 Å². The molecule has 0 aliphatic heterocycles. The number of hydrogen-bond donors (Lipinski definition) is 2. The highest BCUT2D eigenvalue weighted by Crippen LogP contribution is 2.27. The molecule has 7 nitrogen and oxygen atoms in total.